The van der Waals surface area contributed by atoms with Crippen LogP contribution in [0.4, 0.5) is 23.3 Å². The van der Waals surface area contributed by atoms with Crippen molar-refractivity contribution < 1.29 is 27.4 Å². The van der Waals surface area contributed by atoms with E-state index in [-0.39, 0.29) is 12.1 Å². The van der Waals surface area contributed by atoms with Crippen molar-refractivity contribution in [2.75, 3.05) is 88.6 Å². The van der Waals surface area contributed by atoms with E-state index in [9.17, 15) is 8.42 Å². The molecule has 0 aromatic carbocycles. The topological polar surface area (TPSA) is 211 Å². The number of H-pyrrole nitrogens is 2. The second kappa shape index (κ2) is 26.4. The smallest absolute Gasteiger partial charge is 0.216 e. The van der Waals surface area contributed by atoms with Gasteiger partial charge >= 0.3 is 196 Å². The van der Waals surface area contributed by atoms with Gasteiger partial charge in [-0.15, -0.1) is 0 Å². The number of unbranched alkanes of at least 4 members (excludes halogenated alkanes) is 3. The number of anilines is 2. The zero-order valence-corrected chi connectivity index (χ0v) is 50.1. The summed E-state index contributed by atoms with van der Waals surface area (Å²) in [4.78, 5) is 39.0. The zero-order chi connectivity index (χ0) is 52.1. The predicted octanol–water partition coefficient (Wildman–Crippen LogP) is 10.1. The largest absolute Gasteiger partial charge is 0.481 e. The van der Waals surface area contributed by atoms with Gasteiger partial charge in [-0.2, -0.15) is 14.3 Å². The second-order valence-corrected chi connectivity index (χ2v) is 37.8. The van der Waals surface area contributed by atoms with Gasteiger partial charge in [0.15, 0.2) is 11.6 Å². The van der Waals surface area contributed by atoms with Crippen LogP contribution in [0.1, 0.15) is 73.1 Å². The summed E-state index contributed by atoms with van der Waals surface area (Å²) >= 11 is 0.589. The molecule has 6 aromatic rings. The number of nitrogens with one attached hydrogen (secondary N) is 2. The van der Waals surface area contributed by atoms with Gasteiger partial charge in [0.2, 0.25) is 11.8 Å². The van der Waals surface area contributed by atoms with Crippen LogP contribution in [0.2, 0.25) is 13.3 Å². The number of hydrogen-bond donors (Lipinski definition) is 2. The summed E-state index contributed by atoms with van der Waals surface area (Å²) in [6.07, 6.45) is 17.6. The molecule has 0 spiro atoms. The SMILES string of the molecule is CCC[CH2][Sn]([CH2]CCC)([CH2]CCC)[c]1nc(N=S(C)(C)=O)cc(N2CCOC[C@H]2C)n1.COc1cc(-c2nc(N=S(C)(C)=O)cc(N3CCOC[C@H]3C)n2)c2cc[nH]c2n1.COc1cc(Br)c2cc[nH]c2n1. The molecule has 2 N–H and O–H groups in total. The molecule has 8 rings (SSSR count). The van der Waals surface area contributed by atoms with Gasteiger partial charge in [0, 0.05) is 80.2 Å². The predicted molar refractivity (Wildman–Crippen MR) is 300 cm³/mol. The molecular formula is C50H75BrN12O6S2Sn. The van der Waals surface area contributed by atoms with E-state index in [0.717, 1.165) is 48.5 Å². The number of fused-ring (bicyclic) bond motifs is 2. The summed E-state index contributed by atoms with van der Waals surface area (Å²) < 4.78 is 61.3. The average molecular weight is 1200 g/mol. The van der Waals surface area contributed by atoms with Crippen LogP contribution in [0, 0.1) is 0 Å². The Balaban J connectivity index is 0.000000192. The van der Waals surface area contributed by atoms with Crippen molar-refractivity contribution in [1.82, 2.24) is 39.9 Å². The Morgan fingerprint density at radius 3 is 1.64 bits per heavy atom. The Bertz CT molecular complexity index is 2960. The normalized spacial score (nSPS) is 16.4. The summed E-state index contributed by atoms with van der Waals surface area (Å²) in [5.41, 5.74) is 2.29. The molecule has 22 heteroatoms. The van der Waals surface area contributed by atoms with Crippen molar-refractivity contribution in [2.24, 2.45) is 8.73 Å². The maximum absolute atomic E-state index is 12.5. The van der Waals surface area contributed by atoms with Crippen LogP contribution in [0.25, 0.3) is 33.5 Å². The fourth-order valence-corrected chi connectivity index (χ4v) is 25.3. The first kappa shape index (κ1) is 57.1. The Labute approximate surface area is 439 Å². The van der Waals surface area contributed by atoms with Gasteiger partial charge < -0.3 is 29.1 Å². The van der Waals surface area contributed by atoms with Crippen molar-refractivity contribution in [3.63, 3.8) is 0 Å². The van der Waals surface area contributed by atoms with E-state index in [4.69, 9.17) is 33.9 Å². The molecule has 2 saturated heterocycles. The fourth-order valence-electron chi connectivity index (χ4n) is 8.81. The van der Waals surface area contributed by atoms with Crippen LogP contribution >= 0.6 is 15.9 Å². The first-order valence-corrected chi connectivity index (χ1v) is 37.8. The number of morpholine rings is 2. The van der Waals surface area contributed by atoms with Crippen molar-refractivity contribution in [2.45, 2.75) is 98.5 Å². The minimum atomic E-state index is -2.84. The van der Waals surface area contributed by atoms with Gasteiger partial charge in [-0.3, -0.25) is 0 Å². The van der Waals surface area contributed by atoms with E-state index >= 15 is 0 Å². The van der Waals surface area contributed by atoms with E-state index in [2.05, 4.69) is 94.0 Å². The van der Waals surface area contributed by atoms with Crippen LogP contribution in [0.15, 0.2) is 62.0 Å². The van der Waals surface area contributed by atoms with Gasteiger partial charge in [-0.1, -0.05) is 0 Å². The average Bonchev–Trinajstić information content (AvgIpc) is 4.04. The summed E-state index contributed by atoms with van der Waals surface area (Å²) in [6, 6.07) is 11.7. The third-order valence-corrected chi connectivity index (χ3v) is 28.9. The number of rotatable bonds is 17. The van der Waals surface area contributed by atoms with Crippen LogP contribution in [0.5, 0.6) is 11.8 Å². The van der Waals surface area contributed by atoms with Gasteiger partial charge in [0.1, 0.15) is 17.1 Å². The van der Waals surface area contributed by atoms with Crippen LogP contribution in [-0.4, -0.2) is 158 Å². The Hall–Kier alpha value is -4.16. The van der Waals surface area contributed by atoms with Gasteiger partial charge in [0.25, 0.3) is 0 Å². The number of aromatic nitrogens is 8. The van der Waals surface area contributed by atoms with Crippen molar-refractivity contribution in [3.05, 3.63) is 53.3 Å². The molecule has 2 aliphatic rings. The maximum atomic E-state index is 12.5. The molecule has 2 aliphatic heterocycles. The quantitative estimate of drug-likeness (QED) is 0.0814. The number of pyridine rings is 2. The minimum absolute atomic E-state index is 0.159. The number of hydrogen-bond acceptors (Lipinski definition) is 16. The molecule has 0 aliphatic carbocycles. The number of methoxy groups -OCH3 is 2. The molecule has 0 saturated carbocycles. The molecule has 72 heavy (non-hydrogen) atoms. The summed E-state index contributed by atoms with van der Waals surface area (Å²) in [5, 5.41) is 1.94. The molecule has 2 atom stereocenters. The second-order valence-electron chi connectivity index (χ2n) is 19.0. The maximum Gasteiger partial charge on any atom is 0.216 e. The van der Waals surface area contributed by atoms with Gasteiger partial charge in [-0.25, -0.2) is 14.2 Å². The number of halogens is 1. The van der Waals surface area contributed by atoms with E-state index in [1.54, 1.807) is 51.4 Å². The first-order chi connectivity index (χ1) is 34.4. The van der Waals surface area contributed by atoms with Gasteiger partial charge in [-0.05, 0) is 35.0 Å². The van der Waals surface area contributed by atoms with Crippen LogP contribution < -0.4 is 23.1 Å². The summed E-state index contributed by atoms with van der Waals surface area (Å²) in [6.45, 7) is 15.3. The Morgan fingerprint density at radius 2 is 1.15 bits per heavy atom. The molecule has 0 amide bonds. The number of ether oxygens (including phenoxy) is 4. The zero-order valence-electron chi connectivity index (χ0n) is 44.0. The van der Waals surface area contributed by atoms with Gasteiger partial charge in [0.05, 0.1) is 33.5 Å². The van der Waals surface area contributed by atoms with E-state index in [1.165, 1.54) is 51.8 Å². The molecular weight excluding hydrogens is 1130 g/mol. The van der Waals surface area contributed by atoms with Crippen molar-refractivity contribution in [1.29, 1.82) is 0 Å². The molecule has 0 bridgehead atoms. The van der Waals surface area contributed by atoms with E-state index < -0.39 is 37.8 Å². The fraction of sp³-hybridized carbons (Fsp3) is 0.560. The molecule has 394 valence electrons. The van der Waals surface area contributed by atoms with Crippen LogP contribution in [0.3, 0.4) is 0 Å². The van der Waals surface area contributed by atoms with E-state index in [0.29, 0.717) is 67.8 Å². The molecule has 2 fully saturated rings. The number of aromatic amines is 2. The molecule has 6 aromatic heterocycles. The first-order valence-electron chi connectivity index (χ1n) is 24.9. The Kier molecular flexibility index (Phi) is 20.9. The van der Waals surface area contributed by atoms with Crippen LogP contribution in [-0.2, 0) is 28.9 Å². The minimum Gasteiger partial charge on any atom is -0.481 e. The standard InChI is InChI=1S/C19H24N6O3S.C11H17N4O2S.C8H7BrN2O.3C4H9.Sn/c1-12-11-28-8-7-25(12)16-10-15(24-29(3,4)26)21-19(22-16)14-9-17(27-2)23-18-13(14)5-6-20-18;1-9-7-17-5-4-15(9)11-6-10(12-8-13-11)14-18(2,3)16;1-12-7-4-6(9)5-2-3-10-8(5)11-7;3*1-3-4-2;/h5-6,9-10,12H,7-8,11H2,1-4H3,(H,20,23);6,9H,4-5,7H2,1-3H3;2-4H,1H3,(H,10,11);3*1,3-4H2,2H3;/t12-;9-;;;;;/m11...../s1. The number of nitrogens with zero attached hydrogens (tertiary/aromatic N) is 10. The summed E-state index contributed by atoms with van der Waals surface area (Å²) in [7, 11) is -1.50. The molecule has 18 nitrogen and oxygen atoms in total. The van der Waals surface area contributed by atoms with E-state index in [1.807, 2.05) is 36.7 Å². The molecule has 8 heterocycles. The molecule has 0 unspecified atom stereocenters. The van der Waals surface area contributed by atoms with Crippen molar-refractivity contribution >= 4 is 103 Å². The monoisotopic (exact) mass is 1200 g/mol. The van der Waals surface area contributed by atoms with Crippen molar-refractivity contribution in [3.8, 4) is 23.1 Å². The third kappa shape index (κ3) is 15.7. The molecule has 0 radical (unpaired) electrons. The third-order valence-electron chi connectivity index (χ3n) is 12.5. The summed E-state index contributed by atoms with van der Waals surface area (Å²) in [5.74, 6) is 4.22. The Morgan fingerprint density at radius 1 is 0.681 bits per heavy atom.